The summed E-state index contributed by atoms with van der Waals surface area (Å²) in [6.07, 6.45) is 1.62. The van der Waals surface area contributed by atoms with Crippen LogP contribution in [0, 0.1) is 0 Å². The van der Waals surface area contributed by atoms with Gasteiger partial charge in [-0.2, -0.15) is 5.10 Å². The summed E-state index contributed by atoms with van der Waals surface area (Å²) in [5.41, 5.74) is 3.05. The van der Waals surface area contributed by atoms with Crippen LogP contribution in [0.15, 0.2) is 36.0 Å². The van der Waals surface area contributed by atoms with Crippen molar-refractivity contribution < 1.29 is 9.53 Å². The van der Waals surface area contributed by atoms with Gasteiger partial charge in [-0.15, -0.1) is 0 Å². The highest BCUT2D eigenvalue weighted by atomic mass is 32.1. The molecule has 0 bridgehead atoms. The summed E-state index contributed by atoms with van der Waals surface area (Å²) in [6, 6.07) is 7.54. The van der Waals surface area contributed by atoms with E-state index >= 15 is 0 Å². The first-order chi connectivity index (χ1) is 9.76. The molecule has 0 spiro atoms. The van der Waals surface area contributed by atoms with Crippen molar-refractivity contribution in [2.75, 3.05) is 7.11 Å². The molecule has 1 N–H and O–H groups in total. The number of aromatic nitrogens is 3. The fourth-order valence-electron chi connectivity index (χ4n) is 1.76. The minimum absolute atomic E-state index is 0.210. The van der Waals surface area contributed by atoms with Crippen LogP contribution in [0.5, 0.6) is 5.75 Å². The standard InChI is InChI=1S/C13H12N4O2S/c1-19-10-4-2-9(3-5-10)6-14-12(18)11-7-17-13(16-11)20-8-15-17/h2-5,7-8H,6H2,1H3,(H,14,18). The molecule has 102 valence electrons. The highest BCUT2D eigenvalue weighted by Crippen LogP contribution is 2.12. The Bertz CT molecular complexity index is 704. The lowest BCUT2D eigenvalue weighted by Crippen LogP contribution is -2.23. The third-order valence-corrected chi connectivity index (χ3v) is 3.52. The zero-order chi connectivity index (χ0) is 13.9. The Balaban J connectivity index is 1.65. The van der Waals surface area contributed by atoms with E-state index in [-0.39, 0.29) is 5.91 Å². The molecule has 0 aliphatic heterocycles. The van der Waals surface area contributed by atoms with Gasteiger partial charge in [-0.05, 0) is 17.7 Å². The van der Waals surface area contributed by atoms with Gasteiger partial charge in [-0.3, -0.25) is 4.79 Å². The van der Waals surface area contributed by atoms with E-state index in [1.54, 1.807) is 23.3 Å². The van der Waals surface area contributed by atoms with E-state index in [1.165, 1.54) is 11.3 Å². The van der Waals surface area contributed by atoms with Gasteiger partial charge in [0.05, 0.1) is 13.3 Å². The Morgan fingerprint density at radius 3 is 2.90 bits per heavy atom. The number of hydrogen-bond donors (Lipinski definition) is 1. The molecule has 2 heterocycles. The Kier molecular flexibility index (Phi) is 3.34. The third kappa shape index (κ3) is 2.48. The minimum Gasteiger partial charge on any atom is -0.497 e. The second kappa shape index (κ2) is 5.30. The van der Waals surface area contributed by atoms with E-state index in [2.05, 4.69) is 15.4 Å². The predicted molar refractivity (Wildman–Crippen MR) is 75.0 cm³/mol. The number of imidazole rings is 1. The molecule has 6 nitrogen and oxygen atoms in total. The average Bonchev–Trinajstić information content (AvgIpc) is 3.06. The fraction of sp³-hybridized carbons (Fsp3) is 0.154. The molecule has 0 fully saturated rings. The van der Waals surface area contributed by atoms with Crippen molar-refractivity contribution in [2.45, 2.75) is 6.54 Å². The maximum Gasteiger partial charge on any atom is 0.271 e. The fourth-order valence-corrected chi connectivity index (χ4v) is 2.37. The molecular formula is C13H12N4O2S. The van der Waals surface area contributed by atoms with Gasteiger partial charge in [-0.25, -0.2) is 9.50 Å². The van der Waals surface area contributed by atoms with Crippen LogP contribution in [0.2, 0.25) is 0 Å². The van der Waals surface area contributed by atoms with E-state index < -0.39 is 0 Å². The van der Waals surface area contributed by atoms with E-state index in [0.717, 1.165) is 11.3 Å². The number of hydrogen-bond acceptors (Lipinski definition) is 5. The van der Waals surface area contributed by atoms with Gasteiger partial charge in [0.25, 0.3) is 5.91 Å². The van der Waals surface area contributed by atoms with Crippen molar-refractivity contribution in [1.82, 2.24) is 19.9 Å². The number of amides is 1. The number of fused-ring (bicyclic) bond motifs is 1. The van der Waals surface area contributed by atoms with Crippen molar-refractivity contribution in [1.29, 1.82) is 0 Å². The van der Waals surface area contributed by atoms with Gasteiger partial charge < -0.3 is 10.1 Å². The molecule has 0 aliphatic rings. The zero-order valence-corrected chi connectivity index (χ0v) is 11.6. The second-order valence-electron chi connectivity index (χ2n) is 4.12. The molecule has 0 saturated carbocycles. The van der Waals surface area contributed by atoms with Crippen LogP contribution in [0.1, 0.15) is 16.1 Å². The first kappa shape index (κ1) is 12.6. The molecule has 0 aliphatic carbocycles. The van der Waals surface area contributed by atoms with Gasteiger partial charge in [0.1, 0.15) is 17.0 Å². The summed E-state index contributed by atoms with van der Waals surface area (Å²) >= 11 is 1.39. The molecule has 0 saturated heterocycles. The lowest BCUT2D eigenvalue weighted by atomic mass is 10.2. The summed E-state index contributed by atoms with van der Waals surface area (Å²) in [7, 11) is 1.62. The maximum atomic E-state index is 12.0. The molecule has 7 heteroatoms. The molecule has 0 radical (unpaired) electrons. The van der Waals surface area contributed by atoms with Gasteiger partial charge in [0, 0.05) is 6.54 Å². The molecule has 3 rings (SSSR count). The van der Waals surface area contributed by atoms with Crippen molar-refractivity contribution in [3.63, 3.8) is 0 Å². The van der Waals surface area contributed by atoms with Crippen molar-refractivity contribution in [2.24, 2.45) is 0 Å². The van der Waals surface area contributed by atoms with Crippen molar-refractivity contribution >= 4 is 22.2 Å². The van der Waals surface area contributed by atoms with Gasteiger partial charge in [-0.1, -0.05) is 23.5 Å². The lowest BCUT2D eigenvalue weighted by molar-refractivity contribution is 0.0946. The average molecular weight is 288 g/mol. The van der Waals surface area contributed by atoms with Crippen LogP contribution in [-0.4, -0.2) is 27.6 Å². The molecular weight excluding hydrogens is 276 g/mol. The van der Waals surface area contributed by atoms with E-state index in [1.807, 2.05) is 24.3 Å². The van der Waals surface area contributed by atoms with Crippen LogP contribution in [0.3, 0.4) is 0 Å². The van der Waals surface area contributed by atoms with Crippen LogP contribution in [-0.2, 0) is 6.54 Å². The van der Waals surface area contributed by atoms with Crippen LogP contribution in [0.25, 0.3) is 4.96 Å². The molecule has 2 aromatic heterocycles. The number of methoxy groups -OCH3 is 1. The smallest absolute Gasteiger partial charge is 0.271 e. The molecule has 1 aromatic carbocycles. The number of rotatable bonds is 4. The summed E-state index contributed by atoms with van der Waals surface area (Å²) in [5, 5.41) is 6.86. The monoisotopic (exact) mass is 288 g/mol. The Morgan fingerprint density at radius 1 is 1.40 bits per heavy atom. The molecule has 3 aromatic rings. The van der Waals surface area contributed by atoms with Crippen LogP contribution in [0.4, 0.5) is 0 Å². The third-order valence-electron chi connectivity index (χ3n) is 2.83. The summed E-state index contributed by atoms with van der Waals surface area (Å²) < 4.78 is 6.67. The number of ether oxygens (including phenoxy) is 1. The van der Waals surface area contributed by atoms with E-state index in [9.17, 15) is 4.79 Å². The zero-order valence-electron chi connectivity index (χ0n) is 10.7. The summed E-state index contributed by atoms with van der Waals surface area (Å²) in [5.74, 6) is 0.582. The Labute approximate surface area is 119 Å². The number of benzene rings is 1. The SMILES string of the molecule is COc1ccc(CNC(=O)c2cn3ncsc3n2)cc1. The molecule has 1 amide bonds. The van der Waals surface area contributed by atoms with E-state index in [0.29, 0.717) is 17.2 Å². The molecule has 0 unspecified atom stereocenters. The maximum absolute atomic E-state index is 12.0. The summed E-state index contributed by atoms with van der Waals surface area (Å²) in [4.78, 5) is 16.9. The van der Waals surface area contributed by atoms with Crippen LogP contribution < -0.4 is 10.1 Å². The molecule has 0 atom stereocenters. The number of nitrogens with one attached hydrogen (secondary N) is 1. The van der Waals surface area contributed by atoms with Gasteiger partial charge in [0.2, 0.25) is 4.96 Å². The normalized spacial score (nSPS) is 10.7. The summed E-state index contributed by atoms with van der Waals surface area (Å²) in [6.45, 7) is 0.446. The predicted octanol–water partition coefficient (Wildman–Crippen LogP) is 1.73. The van der Waals surface area contributed by atoms with Gasteiger partial charge in [0.15, 0.2) is 0 Å². The quantitative estimate of drug-likeness (QED) is 0.794. The van der Waals surface area contributed by atoms with Gasteiger partial charge >= 0.3 is 0 Å². The lowest BCUT2D eigenvalue weighted by Gasteiger charge is -2.04. The minimum atomic E-state index is -0.210. The Hall–Kier alpha value is -2.41. The molecule has 20 heavy (non-hydrogen) atoms. The number of carbonyl (C=O) groups is 1. The second-order valence-corrected chi connectivity index (χ2v) is 4.93. The topological polar surface area (TPSA) is 68.5 Å². The number of carbonyl (C=O) groups excluding carboxylic acids is 1. The van der Waals surface area contributed by atoms with E-state index in [4.69, 9.17) is 4.74 Å². The highest BCUT2D eigenvalue weighted by molar-refractivity contribution is 7.14. The van der Waals surface area contributed by atoms with Crippen molar-refractivity contribution in [3.05, 3.63) is 47.2 Å². The van der Waals surface area contributed by atoms with Crippen LogP contribution >= 0.6 is 11.3 Å². The first-order valence-electron chi connectivity index (χ1n) is 5.96. The number of nitrogens with zero attached hydrogens (tertiary/aromatic N) is 3. The first-order valence-corrected chi connectivity index (χ1v) is 6.84. The highest BCUT2D eigenvalue weighted by Gasteiger charge is 2.11. The largest absolute Gasteiger partial charge is 0.497 e. The van der Waals surface area contributed by atoms with Crippen molar-refractivity contribution in [3.8, 4) is 5.75 Å². The Morgan fingerprint density at radius 2 is 2.20 bits per heavy atom.